The maximum absolute atomic E-state index is 3.55. The number of fused-ring (bicyclic) bond motifs is 1. The lowest BCUT2D eigenvalue weighted by Gasteiger charge is -2.11. The van der Waals surface area contributed by atoms with Gasteiger partial charge in [-0.3, -0.25) is 0 Å². The minimum atomic E-state index is 0.537. The van der Waals surface area contributed by atoms with Crippen LogP contribution in [0.15, 0.2) is 22.7 Å². The van der Waals surface area contributed by atoms with Crippen LogP contribution in [0.2, 0.25) is 0 Å². The standard InChI is InChI=1S/C14H19BrN2/c1-9(2)14-12(8-16-3)11-6-5-10(15)7-13(11)17(14)4/h5-7,9,16H,8H2,1-4H3. The summed E-state index contributed by atoms with van der Waals surface area (Å²) in [5.41, 5.74) is 4.15. The van der Waals surface area contributed by atoms with Gasteiger partial charge in [0.1, 0.15) is 0 Å². The summed E-state index contributed by atoms with van der Waals surface area (Å²) in [5.74, 6) is 0.537. The fraction of sp³-hybridized carbons (Fsp3) is 0.429. The molecule has 0 saturated carbocycles. The predicted octanol–water partition coefficient (Wildman–Crippen LogP) is 3.78. The highest BCUT2D eigenvalue weighted by Gasteiger charge is 2.16. The lowest BCUT2D eigenvalue weighted by atomic mass is 10.0. The van der Waals surface area contributed by atoms with E-state index in [2.05, 4.69) is 64.9 Å². The van der Waals surface area contributed by atoms with Crippen LogP contribution < -0.4 is 5.32 Å². The molecule has 3 heteroatoms. The Labute approximate surface area is 111 Å². The molecule has 0 saturated heterocycles. The molecular weight excluding hydrogens is 276 g/mol. The lowest BCUT2D eigenvalue weighted by Crippen LogP contribution is -2.09. The van der Waals surface area contributed by atoms with E-state index in [9.17, 15) is 0 Å². The monoisotopic (exact) mass is 294 g/mol. The molecule has 0 aliphatic heterocycles. The van der Waals surface area contributed by atoms with E-state index in [1.54, 1.807) is 0 Å². The second kappa shape index (κ2) is 4.83. The Morgan fingerprint density at radius 1 is 1.35 bits per heavy atom. The summed E-state index contributed by atoms with van der Waals surface area (Å²) in [4.78, 5) is 0. The number of aryl methyl sites for hydroxylation is 1. The summed E-state index contributed by atoms with van der Waals surface area (Å²) in [6.45, 7) is 5.43. The van der Waals surface area contributed by atoms with Crippen LogP contribution in [0, 0.1) is 0 Å². The van der Waals surface area contributed by atoms with E-state index in [1.165, 1.54) is 22.2 Å². The SMILES string of the molecule is CNCc1c(C(C)C)n(C)c2cc(Br)ccc12. The second-order valence-corrected chi connectivity index (χ2v) is 5.68. The van der Waals surface area contributed by atoms with Crippen molar-refractivity contribution in [1.82, 2.24) is 9.88 Å². The molecule has 0 bridgehead atoms. The van der Waals surface area contributed by atoms with E-state index in [0.29, 0.717) is 5.92 Å². The average molecular weight is 295 g/mol. The van der Waals surface area contributed by atoms with E-state index < -0.39 is 0 Å². The number of halogens is 1. The smallest absolute Gasteiger partial charge is 0.0494 e. The van der Waals surface area contributed by atoms with Crippen LogP contribution in [0.1, 0.15) is 31.0 Å². The fourth-order valence-corrected chi connectivity index (χ4v) is 2.95. The summed E-state index contributed by atoms with van der Waals surface area (Å²) in [7, 11) is 4.16. The average Bonchev–Trinajstić information content (AvgIpc) is 2.53. The molecule has 2 nitrogen and oxygen atoms in total. The van der Waals surface area contributed by atoms with Crippen LogP contribution in [0.5, 0.6) is 0 Å². The van der Waals surface area contributed by atoms with Crippen molar-refractivity contribution in [3.63, 3.8) is 0 Å². The van der Waals surface area contributed by atoms with E-state index >= 15 is 0 Å². The van der Waals surface area contributed by atoms with Gasteiger partial charge in [0.2, 0.25) is 0 Å². The van der Waals surface area contributed by atoms with Crippen molar-refractivity contribution in [3.05, 3.63) is 33.9 Å². The minimum absolute atomic E-state index is 0.537. The number of benzene rings is 1. The maximum Gasteiger partial charge on any atom is 0.0494 e. The zero-order chi connectivity index (χ0) is 12.6. The summed E-state index contributed by atoms with van der Waals surface area (Å²) in [6, 6.07) is 6.52. The largest absolute Gasteiger partial charge is 0.347 e. The Bertz CT molecular complexity index is 541. The molecule has 0 fully saturated rings. The zero-order valence-electron chi connectivity index (χ0n) is 10.8. The van der Waals surface area contributed by atoms with Crippen molar-refractivity contribution in [1.29, 1.82) is 0 Å². The Balaban J connectivity index is 2.77. The van der Waals surface area contributed by atoms with Gasteiger partial charge in [-0.05, 0) is 30.7 Å². The van der Waals surface area contributed by atoms with Gasteiger partial charge in [-0.15, -0.1) is 0 Å². The molecular formula is C14H19BrN2. The summed E-state index contributed by atoms with van der Waals surface area (Å²) in [5, 5.41) is 4.63. The molecule has 17 heavy (non-hydrogen) atoms. The molecule has 0 spiro atoms. The third-order valence-corrected chi connectivity index (χ3v) is 3.71. The first-order chi connectivity index (χ1) is 8.06. The minimum Gasteiger partial charge on any atom is -0.347 e. The molecule has 1 aromatic carbocycles. The molecule has 0 amide bonds. The number of aromatic nitrogens is 1. The van der Waals surface area contributed by atoms with Gasteiger partial charge in [0.15, 0.2) is 0 Å². The third kappa shape index (κ3) is 2.14. The highest BCUT2D eigenvalue weighted by molar-refractivity contribution is 9.10. The van der Waals surface area contributed by atoms with E-state index in [1.807, 2.05) is 7.05 Å². The molecule has 0 aliphatic carbocycles. The molecule has 0 radical (unpaired) electrons. The lowest BCUT2D eigenvalue weighted by molar-refractivity contribution is 0.719. The van der Waals surface area contributed by atoms with Crippen molar-refractivity contribution in [3.8, 4) is 0 Å². The number of nitrogens with one attached hydrogen (secondary N) is 1. The molecule has 0 aliphatic rings. The van der Waals surface area contributed by atoms with Crippen LogP contribution >= 0.6 is 15.9 Å². The summed E-state index contributed by atoms with van der Waals surface area (Å²) < 4.78 is 3.45. The third-order valence-electron chi connectivity index (χ3n) is 3.22. The molecule has 1 N–H and O–H groups in total. The second-order valence-electron chi connectivity index (χ2n) is 4.77. The van der Waals surface area contributed by atoms with Gasteiger partial charge in [0.25, 0.3) is 0 Å². The normalized spacial score (nSPS) is 11.6. The van der Waals surface area contributed by atoms with Gasteiger partial charge in [-0.2, -0.15) is 0 Å². The van der Waals surface area contributed by atoms with E-state index in [-0.39, 0.29) is 0 Å². The Hall–Kier alpha value is -0.800. The van der Waals surface area contributed by atoms with Crippen molar-refractivity contribution in [2.24, 2.45) is 7.05 Å². The van der Waals surface area contributed by atoms with Crippen LogP contribution in [-0.2, 0) is 13.6 Å². The molecule has 0 unspecified atom stereocenters. The number of hydrogen-bond donors (Lipinski definition) is 1. The van der Waals surface area contributed by atoms with Crippen LogP contribution in [0.4, 0.5) is 0 Å². The summed E-state index contributed by atoms with van der Waals surface area (Å²) >= 11 is 3.55. The predicted molar refractivity (Wildman–Crippen MR) is 77.5 cm³/mol. The summed E-state index contributed by atoms with van der Waals surface area (Å²) in [6.07, 6.45) is 0. The van der Waals surface area contributed by atoms with Gasteiger partial charge in [0.05, 0.1) is 0 Å². The highest BCUT2D eigenvalue weighted by Crippen LogP contribution is 2.31. The van der Waals surface area contributed by atoms with E-state index in [0.717, 1.165) is 11.0 Å². The fourth-order valence-electron chi connectivity index (χ4n) is 2.61. The number of rotatable bonds is 3. The Morgan fingerprint density at radius 3 is 2.65 bits per heavy atom. The molecule has 2 aromatic rings. The van der Waals surface area contributed by atoms with Gasteiger partial charge in [-0.25, -0.2) is 0 Å². The maximum atomic E-state index is 3.55. The van der Waals surface area contributed by atoms with Crippen molar-refractivity contribution < 1.29 is 0 Å². The van der Waals surface area contributed by atoms with Crippen LogP contribution in [0.3, 0.4) is 0 Å². The highest BCUT2D eigenvalue weighted by atomic mass is 79.9. The number of nitrogens with zero attached hydrogens (tertiary/aromatic N) is 1. The van der Waals surface area contributed by atoms with Gasteiger partial charge < -0.3 is 9.88 Å². The molecule has 1 heterocycles. The molecule has 1 aromatic heterocycles. The van der Waals surface area contributed by atoms with Crippen molar-refractivity contribution in [2.45, 2.75) is 26.3 Å². The zero-order valence-corrected chi connectivity index (χ0v) is 12.4. The molecule has 0 atom stereocenters. The first-order valence-corrected chi connectivity index (χ1v) is 6.76. The Kier molecular flexibility index (Phi) is 3.59. The van der Waals surface area contributed by atoms with Crippen LogP contribution in [0.25, 0.3) is 10.9 Å². The number of hydrogen-bond acceptors (Lipinski definition) is 1. The first-order valence-electron chi connectivity index (χ1n) is 5.97. The molecule has 2 rings (SSSR count). The van der Waals surface area contributed by atoms with Gasteiger partial charge in [-0.1, -0.05) is 35.8 Å². The quantitative estimate of drug-likeness (QED) is 0.911. The molecule has 92 valence electrons. The van der Waals surface area contributed by atoms with Gasteiger partial charge >= 0.3 is 0 Å². The topological polar surface area (TPSA) is 17.0 Å². The Morgan fingerprint density at radius 2 is 2.06 bits per heavy atom. The van der Waals surface area contributed by atoms with Crippen LogP contribution in [-0.4, -0.2) is 11.6 Å². The van der Waals surface area contributed by atoms with Crippen molar-refractivity contribution >= 4 is 26.8 Å². The van der Waals surface area contributed by atoms with E-state index in [4.69, 9.17) is 0 Å². The van der Waals surface area contributed by atoms with Gasteiger partial charge in [0, 0.05) is 34.7 Å². The first kappa shape index (κ1) is 12.7. The van der Waals surface area contributed by atoms with Crippen molar-refractivity contribution in [2.75, 3.05) is 7.05 Å².